The maximum atomic E-state index is 3.95. The van der Waals surface area contributed by atoms with Gasteiger partial charge in [0.2, 0.25) is 0 Å². The van der Waals surface area contributed by atoms with E-state index in [1.54, 1.807) is 0 Å². The van der Waals surface area contributed by atoms with Crippen LogP contribution in [0.15, 0.2) is 36.4 Å². The van der Waals surface area contributed by atoms with Gasteiger partial charge in [-0.3, -0.25) is 0 Å². The van der Waals surface area contributed by atoms with Crippen LogP contribution in [0.1, 0.15) is 30.9 Å². The maximum Gasteiger partial charge on any atom is 0.0107 e. The highest BCUT2D eigenvalue weighted by Gasteiger charge is 2.06. The van der Waals surface area contributed by atoms with Crippen molar-refractivity contribution in [1.29, 1.82) is 0 Å². The normalized spacial score (nSPS) is 12.4. The lowest BCUT2D eigenvalue weighted by molar-refractivity contribution is 0.519. The summed E-state index contributed by atoms with van der Waals surface area (Å²) in [7, 11) is 2.04. The molecule has 1 nitrogen and oxygen atoms in total. The first-order valence-electron chi connectivity index (χ1n) is 5.99. The van der Waals surface area contributed by atoms with Gasteiger partial charge in [0.05, 0.1) is 0 Å². The van der Waals surface area contributed by atoms with Gasteiger partial charge in [0.1, 0.15) is 0 Å². The van der Waals surface area contributed by atoms with Gasteiger partial charge in [-0.2, -0.15) is 0 Å². The highest BCUT2D eigenvalue weighted by Crippen LogP contribution is 2.11. The van der Waals surface area contributed by atoms with Crippen molar-refractivity contribution in [2.75, 3.05) is 7.05 Å². The van der Waals surface area contributed by atoms with Gasteiger partial charge in [-0.25, -0.2) is 0 Å². The summed E-state index contributed by atoms with van der Waals surface area (Å²) in [4.78, 5) is 0. The first-order valence-corrected chi connectivity index (χ1v) is 5.99. The van der Waals surface area contributed by atoms with E-state index in [0.29, 0.717) is 6.04 Å². The van der Waals surface area contributed by atoms with Crippen LogP contribution in [0.2, 0.25) is 0 Å². The van der Waals surface area contributed by atoms with E-state index in [1.165, 1.54) is 23.1 Å². The van der Waals surface area contributed by atoms with E-state index < -0.39 is 0 Å². The lowest BCUT2D eigenvalue weighted by Crippen LogP contribution is -2.27. The van der Waals surface area contributed by atoms with Crippen LogP contribution in [0.4, 0.5) is 0 Å². The van der Waals surface area contributed by atoms with E-state index in [-0.39, 0.29) is 0 Å². The molecule has 0 aliphatic carbocycles. The Morgan fingerprint density at radius 1 is 1.31 bits per heavy atom. The minimum atomic E-state index is 0.555. The van der Waals surface area contributed by atoms with Gasteiger partial charge in [0.25, 0.3) is 0 Å². The third-order valence-electron chi connectivity index (χ3n) is 2.93. The fraction of sp³-hybridized carbons (Fsp3) is 0.467. The first-order chi connectivity index (χ1) is 7.61. The molecule has 0 fully saturated rings. The van der Waals surface area contributed by atoms with E-state index in [2.05, 4.69) is 50.0 Å². The van der Waals surface area contributed by atoms with Crippen molar-refractivity contribution in [2.45, 2.75) is 39.2 Å². The second kappa shape index (κ2) is 6.49. The number of nitrogens with one attached hydrogen (secondary N) is 1. The molecule has 0 aliphatic heterocycles. The third kappa shape index (κ3) is 4.63. The van der Waals surface area contributed by atoms with E-state index in [9.17, 15) is 0 Å². The SMILES string of the molecule is C=C(C)CCC(Cc1ccc(C)cc1)NC. The van der Waals surface area contributed by atoms with Gasteiger partial charge in [0, 0.05) is 6.04 Å². The van der Waals surface area contributed by atoms with Crippen molar-refractivity contribution >= 4 is 0 Å². The number of rotatable bonds is 6. The monoisotopic (exact) mass is 217 g/mol. The topological polar surface area (TPSA) is 12.0 Å². The third-order valence-corrected chi connectivity index (χ3v) is 2.93. The Kier molecular flexibility index (Phi) is 5.27. The van der Waals surface area contributed by atoms with Crippen LogP contribution in [0.25, 0.3) is 0 Å². The Hall–Kier alpha value is -1.08. The number of hydrogen-bond acceptors (Lipinski definition) is 1. The molecule has 0 aromatic heterocycles. The predicted octanol–water partition coefficient (Wildman–Crippen LogP) is 3.48. The lowest BCUT2D eigenvalue weighted by Gasteiger charge is -2.16. The number of benzene rings is 1. The molecule has 0 heterocycles. The minimum absolute atomic E-state index is 0.555. The smallest absolute Gasteiger partial charge is 0.0107 e. The summed E-state index contributed by atoms with van der Waals surface area (Å²) in [6.07, 6.45) is 3.38. The summed E-state index contributed by atoms with van der Waals surface area (Å²) >= 11 is 0. The highest BCUT2D eigenvalue weighted by atomic mass is 14.9. The Labute approximate surface area is 99.6 Å². The largest absolute Gasteiger partial charge is 0.317 e. The minimum Gasteiger partial charge on any atom is -0.317 e. The van der Waals surface area contributed by atoms with Crippen molar-refractivity contribution in [1.82, 2.24) is 5.32 Å². The first kappa shape index (κ1) is 13.0. The van der Waals surface area contributed by atoms with Crippen LogP contribution in [0.5, 0.6) is 0 Å². The van der Waals surface area contributed by atoms with Crippen LogP contribution in [0, 0.1) is 6.92 Å². The van der Waals surface area contributed by atoms with Gasteiger partial charge >= 0.3 is 0 Å². The summed E-state index contributed by atoms with van der Waals surface area (Å²) in [6.45, 7) is 8.17. The average Bonchev–Trinajstić information content (AvgIpc) is 2.26. The second-order valence-electron chi connectivity index (χ2n) is 4.67. The molecule has 0 amide bonds. The number of likely N-dealkylation sites (N-methyl/N-ethyl adjacent to an activating group) is 1. The second-order valence-corrected chi connectivity index (χ2v) is 4.67. The van der Waals surface area contributed by atoms with Crippen molar-refractivity contribution in [3.63, 3.8) is 0 Å². The molecule has 1 aromatic rings. The molecular weight excluding hydrogens is 194 g/mol. The Balaban J connectivity index is 2.49. The maximum absolute atomic E-state index is 3.95. The molecule has 1 rings (SSSR count). The molecule has 1 heteroatoms. The standard InChI is InChI=1S/C15H23N/c1-12(2)5-10-15(16-4)11-14-8-6-13(3)7-9-14/h6-9,15-16H,1,5,10-11H2,2-4H3. The molecule has 1 atom stereocenters. The van der Waals surface area contributed by atoms with Crippen molar-refractivity contribution in [3.05, 3.63) is 47.5 Å². The average molecular weight is 217 g/mol. The number of allylic oxidation sites excluding steroid dienone is 1. The van der Waals surface area contributed by atoms with Crippen LogP contribution >= 0.6 is 0 Å². The fourth-order valence-electron chi connectivity index (χ4n) is 1.78. The lowest BCUT2D eigenvalue weighted by atomic mass is 9.99. The quantitative estimate of drug-likeness (QED) is 0.719. The Morgan fingerprint density at radius 2 is 1.94 bits per heavy atom. The molecule has 0 spiro atoms. The predicted molar refractivity (Wildman–Crippen MR) is 71.8 cm³/mol. The molecule has 1 unspecified atom stereocenters. The van der Waals surface area contributed by atoms with Gasteiger partial charge in [-0.05, 0) is 45.7 Å². The van der Waals surface area contributed by atoms with Crippen LogP contribution in [0.3, 0.4) is 0 Å². The molecular formula is C15H23N. The van der Waals surface area contributed by atoms with Gasteiger partial charge in [-0.1, -0.05) is 35.4 Å². The Morgan fingerprint density at radius 3 is 2.44 bits per heavy atom. The van der Waals surface area contributed by atoms with Crippen molar-refractivity contribution in [3.8, 4) is 0 Å². The molecule has 1 N–H and O–H groups in total. The Bertz CT molecular complexity index is 324. The zero-order valence-electron chi connectivity index (χ0n) is 10.7. The summed E-state index contributed by atoms with van der Waals surface area (Å²) in [5.74, 6) is 0. The van der Waals surface area contributed by atoms with Crippen molar-refractivity contribution < 1.29 is 0 Å². The fourth-order valence-corrected chi connectivity index (χ4v) is 1.78. The molecule has 16 heavy (non-hydrogen) atoms. The summed E-state index contributed by atoms with van der Waals surface area (Å²) in [5, 5.41) is 3.38. The molecule has 0 saturated heterocycles. The highest BCUT2D eigenvalue weighted by molar-refractivity contribution is 5.22. The van der Waals surface area contributed by atoms with Gasteiger partial charge in [-0.15, -0.1) is 6.58 Å². The van der Waals surface area contributed by atoms with E-state index in [0.717, 1.165) is 12.8 Å². The summed E-state index contributed by atoms with van der Waals surface area (Å²) < 4.78 is 0. The molecule has 88 valence electrons. The zero-order chi connectivity index (χ0) is 12.0. The van der Waals surface area contributed by atoms with E-state index >= 15 is 0 Å². The summed E-state index contributed by atoms with van der Waals surface area (Å²) in [5.41, 5.74) is 4.00. The molecule has 0 bridgehead atoms. The number of aryl methyl sites for hydroxylation is 1. The zero-order valence-corrected chi connectivity index (χ0v) is 10.7. The van der Waals surface area contributed by atoms with Gasteiger partial charge in [0.15, 0.2) is 0 Å². The molecule has 0 aliphatic rings. The van der Waals surface area contributed by atoms with E-state index in [4.69, 9.17) is 0 Å². The molecule has 1 aromatic carbocycles. The molecule has 0 radical (unpaired) electrons. The van der Waals surface area contributed by atoms with E-state index in [1.807, 2.05) is 7.05 Å². The molecule has 0 saturated carbocycles. The summed E-state index contributed by atoms with van der Waals surface area (Å²) in [6, 6.07) is 9.36. The van der Waals surface area contributed by atoms with Gasteiger partial charge < -0.3 is 5.32 Å². The number of hydrogen-bond donors (Lipinski definition) is 1. The van der Waals surface area contributed by atoms with Crippen molar-refractivity contribution in [2.24, 2.45) is 0 Å². The van der Waals surface area contributed by atoms with Crippen LogP contribution in [-0.4, -0.2) is 13.1 Å². The van der Waals surface area contributed by atoms with Crippen LogP contribution < -0.4 is 5.32 Å². The van der Waals surface area contributed by atoms with Crippen LogP contribution in [-0.2, 0) is 6.42 Å².